The third-order valence-corrected chi connectivity index (χ3v) is 4.28. The monoisotopic (exact) mass is 347 g/mol. The summed E-state index contributed by atoms with van der Waals surface area (Å²) in [7, 11) is 0. The van der Waals surface area contributed by atoms with E-state index in [1.807, 2.05) is 62.4 Å². The van der Waals surface area contributed by atoms with Crippen molar-refractivity contribution >= 4 is 16.9 Å². The number of aromatic nitrogens is 2. The molecule has 0 atom stereocenters. The molecular weight excluding hydrogens is 330 g/mol. The summed E-state index contributed by atoms with van der Waals surface area (Å²) in [5, 5.41) is 7.67. The average molecular weight is 347 g/mol. The number of hydrogen-bond acceptors (Lipinski definition) is 5. The lowest BCUT2D eigenvalue weighted by Gasteiger charge is -2.01. The first-order chi connectivity index (χ1) is 12.6. The van der Waals surface area contributed by atoms with E-state index in [0.717, 1.165) is 27.7 Å². The first-order valence-electron chi connectivity index (χ1n) is 8.28. The molecule has 0 radical (unpaired) electrons. The first kappa shape index (κ1) is 16.1. The quantitative estimate of drug-likeness (QED) is 0.603. The zero-order valence-corrected chi connectivity index (χ0v) is 14.4. The Morgan fingerprint density at radius 1 is 1.08 bits per heavy atom. The van der Waals surface area contributed by atoms with Gasteiger partial charge in [0.05, 0.1) is 0 Å². The average Bonchev–Trinajstić information content (AvgIpc) is 3.27. The van der Waals surface area contributed by atoms with Crippen molar-refractivity contribution in [1.82, 2.24) is 15.5 Å². The number of hydrogen-bond donors (Lipinski definition) is 1. The highest BCUT2D eigenvalue weighted by Crippen LogP contribution is 2.32. The number of nitrogens with one attached hydrogen (secondary N) is 1. The van der Waals surface area contributed by atoms with Gasteiger partial charge in [-0.15, -0.1) is 0 Å². The minimum absolute atomic E-state index is 0.0903. The van der Waals surface area contributed by atoms with Gasteiger partial charge < -0.3 is 14.3 Å². The predicted molar refractivity (Wildman–Crippen MR) is 96.6 cm³/mol. The standard InChI is InChI=1S/C20H17N3O3/c1-12-7-6-10-15-13(2)17(25-16(12)15)18-22-20(26-23-18)19(24)21-11-14-8-4-3-5-9-14/h3-10H,11H2,1-2H3,(H,21,24). The van der Waals surface area contributed by atoms with E-state index in [-0.39, 0.29) is 11.7 Å². The van der Waals surface area contributed by atoms with E-state index in [0.29, 0.717) is 12.3 Å². The molecule has 0 aliphatic carbocycles. The van der Waals surface area contributed by atoms with E-state index < -0.39 is 5.91 Å². The van der Waals surface area contributed by atoms with E-state index in [1.165, 1.54) is 0 Å². The summed E-state index contributed by atoms with van der Waals surface area (Å²) < 4.78 is 11.0. The summed E-state index contributed by atoms with van der Waals surface area (Å²) in [5.74, 6) is 0.271. The molecule has 4 rings (SSSR count). The van der Waals surface area contributed by atoms with E-state index in [9.17, 15) is 4.79 Å². The number of nitrogens with zero attached hydrogens (tertiary/aromatic N) is 2. The number of aryl methyl sites for hydroxylation is 2. The number of para-hydroxylation sites is 1. The Balaban J connectivity index is 1.57. The van der Waals surface area contributed by atoms with Crippen molar-refractivity contribution in [3.8, 4) is 11.6 Å². The molecule has 0 bridgehead atoms. The van der Waals surface area contributed by atoms with E-state index >= 15 is 0 Å². The largest absolute Gasteiger partial charge is 0.452 e. The highest BCUT2D eigenvalue weighted by Gasteiger charge is 2.21. The number of carbonyl (C=O) groups excluding carboxylic acids is 1. The molecular formula is C20H17N3O3. The minimum Gasteiger partial charge on any atom is -0.452 e. The first-order valence-corrected chi connectivity index (χ1v) is 8.28. The van der Waals surface area contributed by atoms with Crippen LogP contribution in [0.3, 0.4) is 0 Å². The zero-order chi connectivity index (χ0) is 18.1. The summed E-state index contributed by atoms with van der Waals surface area (Å²) >= 11 is 0. The fourth-order valence-corrected chi connectivity index (χ4v) is 2.86. The Labute approximate surface area is 149 Å². The smallest absolute Gasteiger partial charge is 0.316 e. The fraction of sp³-hybridized carbons (Fsp3) is 0.150. The van der Waals surface area contributed by atoms with E-state index in [2.05, 4.69) is 15.5 Å². The third-order valence-electron chi connectivity index (χ3n) is 4.28. The van der Waals surface area contributed by atoms with Crippen molar-refractivity contribution < 1.29 is 13.7 Å². The van der Waals surface area contributed by atoms with Gasteiger partial charge in [-0.05, 0) is 25.0 Å². The fourth-order valence-electron chi connectivity index (χ4n) is 2.86. The molecule has 0 spiro atoms. The van der Waals surface area contributed by atoms with Crippen LogP contribution < -0.4 is 5.32 Å². The number of amides is 1. The third kappa shape index (κ3) is 2.86. The highest BCUT2D eigenvalue weighted by molar-refractivity contribution is 5.91. The van der Waals surface area contributed by atoms with Crippen LogP contribution in [-0.2, 0) is 6.54 Å². The van der Waals surface area contributed by atoms with Crippen molar-refractivity contribution in [1.29, 1.82) is 0 Å². The molecule has 2 aromatic heterocycles. The lowest BCUT2D eigenvalue weighted by atomic mass is 10.1. The van der Waals surface area contributed by atoms with Crippen LogP contribution >= 0.6 is 0 Å². The van der Waals surface area contributed by atoms with Gasteiger partial charge in [-0.25, -0.2) is 0 Å². The van der Waals surface area contributed by atoms with Gasteiger partial charge in [0, 0.05) is 17.5 Å². The molecule has 1 N–H and O–H groups in total. The number of benzene rings is 2. The van der Waals surface area contributed by atoms with Crippen LogP contribution in [0.2, 0.25) is 0 Å². The molecule has 0 aliphatic heterocycles. The maximum absolute atomic E-state index is 12.2. The van der Waals surface area contributed by atoms with Gasteiger partial charge in [-0.3, -0.25) is 4.79 Å². The SMILES string of the molecule is Cc1c(-c2noc(C(=O)NCc3ccccc3)n2)oc2c(C)cccc12. The maximum Gasteiger partial charge on any atom is 0.316 e. The molecule has 0 fully saturated rings. The molecule has 130 valence electrons. The van der Waals surface area contributed by atoms with Gasteiger partial charge in [0.15, 0.2) is 5.76 Å². The van der Waals surface area contributed by atoms with Gasteiger partial charge >= 0.3 is 11.8 Å². The Bertz CT molecular complexity index is 1080. The topological polar surface area (TPSA) is 81.2 Å². The second-order valence-electron chi connectivity index (χ2n) is 6.10. The van der Waals surface area contributed by atoms with Crippen LogP contribution in [-0.4, -0.2) is 16.0 Å². The molecule has 2 heterocycles. The predicted octanol–water partition coefficient (Wildman–Crippen LogP) is 4.03. The van der Waals surface area contributed by atoms with Gasteiger partial charge in [0.25, 0.3) is 0 Å². The van der Waals surface area contributed by atoms with Crippen LogP contribution in [0.4, 0.5) is 0 Å². The summed E-state index contributed by atoms with van der Waals surface area (Å²) in [6.45, 7) is 4.31. The lowest BCUT2D eigenvalue weighted by molar-refractivity contribution is 0.0907. The lowest BCUT2D eigenvalue weighted by Crippen LogP contribution is -2.23. The van der Waals surface area contributed by atoms with E-state index in [1.54, 1.807) is 0 Å². The van der Waals surface area contributed by atoms with Crippen LogP contribution in [0.1, 0.15) is 27.4 Å². The Morgan fingerprint density at radius 3 is 2.65 bits per heavy atom. The molecule has 0 saturated carbocycles. The number of furan rings is 1. The van der Waals surface area contributed by atoms with Gasteiger partial charge in [0.1, 0.15) is 5.58 Å². The van der Waals surface area contributed by atoms with Crippen molar-refractivity contribution in [3.63, 3.8) is 0 Å². The molecule has 0 saturated heterocycles. The highest BCUT2D eigenvalue weighted by atomic mass is 16.5. The molecule has 1 amide bonds. The van der Waals surface area contributed by atoms with Crippen molar-refractivity contribution in [2.45, 2.75) is 20.4 Å². The molecule has 26 heavy (non-hydrogen) atoms. The summed E-state index contributed by atoms with van der Waals surface area (Å²) in [5.41, 5.74) is 3.73. The van der Waals surface area contributed by atoms with Gasteiger partial charge in [-0.2, -0.15) is 4.98 Å². The second kappa shape index (κ2) is 6.48. The number of fused-ring (bicyclic) bond motifs is 1. The summed E-state index contributed by atoms with van der Waals surface area (Å²) in [4.78, 5) is 16.4. The summed E-state index contributed by atoms with van der Waals surface area (Å²) in [6.07, 6.45) is 0. The maximum atomic E-state index is 12.2. The zero-order valence-electron chi connectivity index (χ0n) is 14.4. The summed E-state index contributed by atoms with van der Waals surface area (Å²) in [6, 6.07) is 15.6. The van der Waals surface area contributed by atoms with Crippen molar-refractivity contribution in [2.24, 2.45) is 0 Å². The van der Waals surface area contributed by atoms with Gasteiger partial charge in [0.2, 0.25) is 5.82 Å². The number of rotatable bonds is 4. The molecule has 4 aromatic rings. The molecule has 0 unspecified atom stereocenters. The molecule has 0 aliphatic rings. The van der Waals surface area contributed by atoms with Crippen molar-refractivity contribution in [3.05, 3.63) is 71.1 Å². The number of carbonyl (C=O) groups is 1. The second-order valence-corrected chi connectivity index (χ2v) is 6.10. The minimum atomic E-state index is -0.419. The van der Waals surface area contributed by atoms with Crippen LogP contribution in [0.15, 0.2) is 57.5 Å². The van der Waals surface area contributed by atoms with Crippen LogP contribution in [0.5, 0.6) is 0 Å². The molecule has 6 heteroatoms. The van der Waals surface area contributed by atoms with Crippen LogP contribution in [0, 0.1) is 13.8 Å². The Morgan fingerprint density at radius 2 is 1.88 bits per heavy atom. The van der Waals surface area contributed by atoms with Crippen LogP contribution in [0.25, 0.3) is 22.6 Å². The van der Waals surface area contributed by atoms with E-state index in [4.69, 9.17) is 8.94 Å². The Hall–Kier alpha value is -3.41. The molecule has 2 aromatic carbocycles. The van der Waals surface area contributed by atoms with Crippen molar-refractivity contribution in [2.75, 3.05) is 0 Å². The van der Waals surface area contributed by atoms with Gasteiger partial charge in [-0.1, -0.05) is 53.7 Å². The Kier molecular flexibility index (Phi) is 4.01. The molecule has 6 nitrogen and oxygen atoms in total. The normalized spacial score (nSPS) is 11.0.